The van der Waals surface area contributed by atoms with E-state index in [1.165, 1.54) is 0 Å². The Hall–Kier alpha value is -3.18. The van der Waals surface area contributed by atoms with Crippen LogP contribution in [-0.4, -0.2) is 46.7 Å². The Morgan fingerprint density at radius 1 is 0.969 bits per heavy atom. The number of nitrogens with zero attached hydrogens (tertiary/aromatic N) is 3. The van der Waals surface area contributed by atoms with E-state index in [9.17, 15) is 9.59 Å². The smallest absolute Gasteiger partial charge is 0.253 e. The molecule has 1 aromatic heterocycles. The Morgan fingerprint density at radius 3 is 2.25 bits per heavy atom. The molecule has 0 spiro atoms. The standard InChI is InChI=1S/C26H26ClN3O2/c1-29(24(19-7-3-2-4-8-19)23-9-5-6-16-28-23)25(31)21-14-17-30(18-15-21)26(32)20-10-12-22(27)13-11-20/h2-13,16,21,24H,14-15,17-18H2,1H3/t24-/m0/s1. The fraction of sp³-hybridized carbons (Fsp3) is 0.269. The second kappa shape index (κ2) is 9.96. The molecule has 164 valence electrons. The molecule has 2 amide bonds. The number of piperidine rings is 1. The van der Waals surface area contributed by atoms with Gasteiger partial charge in [-0.05, 0) is 54.8 Å². The van der Waals surface area contributed by atoms with Crippen LogP contribution in [0.15, 0.2) is 79.0 Å². The molecule has 2 heterocycles. The van der Waals surface area contributed by atoms with Crippen LogP contribution in [0, 0.1) is 5.92 Å². The van der Waals surface area contributed by atoms with Crippen LogP contribution < -0.4 is 0 Å². The van der Waals surface area contributed by atoms with E-state index in [2.05, 4.69) is 4.98 Å². The number of aromatic nitrogens is 1. The van der Waals surface area contributed by atoms with Crippen molar-refractivity contribution in [2.24, 2.45) is 5.92 Å². The van der Waals surface area contributed by atoms with Gasteiger partial charge in [-0.25, -0.2) is 0 Å². The summed E-state index contributed by atoms with van der Waals surface area (Å²) in [4.78, 5) is 34.4. The van der Waals surface area contributed by atoms with Crippen molar-refractivity contribution in [3.63, 3.8) is 0 Å². The molecule has 4 rings (SSSR count). The van der Waals surface area contributed by atoms with Gasteiger partial charge in [0.2, 0.25) is 5.91 Å². The summed E-state index contributed by atoms with van der Waals surface area (Å²) in [6.45, 7) is 1.12. The number of hydrogen-bond acceptors (Lipinski definition) is 3. The maximum atomic E-state index is 13.5. The number of likely N-dealkylation sites (tertiary alicyclic amines) is 1. The molecule has 3 aromatic rings. The Kier molecular flexibility index (Phi) is 6.86. The van der Waals surface area contributed by atoms with Crippen LogP contribution in [0.4, 0.5) is 0 Å². The number of halogens is 1. The SMILES string of the molecule is CN(C(=O)C1CCN(C(=O)c2ccc(Cl)cc2)CC1)[C@@H](c1ccccc1)c1ccccn1. The molecule has 32 heavy (non-hydrogen) atoms. The van der Waals surface area contributed by atoms with Gasteiger partial charge in [-0.3, -0.25) is 14.6 Å². The van der Waals surface area contributed by atoms with Gasteiger partial charge in [0.1, 0.15) is 0 Å². The lowest BCUT2D eigenvalue weighted by Gasteiger charge is -2.36. The van der Waals surface area contributed by atoms with Crippen LogP contribution >= 0.6 is 11.6 Å². The number of hydrogen-bond donors (Lipinski definition) is 0. The molecule has 0 N–H and O–H groups in total. The van der Waals surface area contributed by atoms with Crippen molar-refractivity contribution in [3.8, 4) is 0 Å². The van der Waals surface area contributed by atoms with E-state index in [-0.39, 0.29) is 23.8 Å². The topological polar surface area (TPSA) is 53.5 Å². The van der Waals surface area contributed by atoms with E-state index in [0.717, 1.165) is 11.3 Å². The van der Waals surface area contributed by atoms with Crippen LogP contribution in [0.25, 0.3) is 0 Å². The second-order valence-corrected chi connectivity index (χ2v) is 8.53. The zero-order chi connectivity index (χ0) is 22.5. The first kappa shape index (κ1) is 22.0. The second-order valence-electron chi connectivity index (χ2n) is 8.09. The van der Waals surface area contributed by atoms with E-state index in [0.29, 0.717) is 36.5 Å². The van der Waals surface area contributed by atoms with E-state index in [4.69, 9.17) is 11.6 Å². The lowest BCUT2D eigenvalue weighted by atomic mass is 9.93. The molecular formula is C26H26ClN3O2. The fourth-order valence-corrected chi connectivity index (χ4v) is 4.41. The first-order chi connectivity index (χ1) is 15.5. The minimum atomic E-state index is -0.251. The molecule has 0 unspecified atom stereocenters. The molecule has 6 heteroatoms. The van der Waals surface area contributed by atoms with E-state index >= 15 is 0 Å². The van der Waals surface area contributed by atoms with E-state index < -0.39 is 0 Å². The summed E-state index contributed by atoms with van der Waals surface area (Å²) >= 11 is 5.93. The Balaban J connectivity index is 1.45. The lowest BCUT2D eigenvalue weighted by molar-refractivity contribution is -0.137. The zero-order valence-electron chi connectivity index (χ0n) is 18.0. The van der Waals surface area contributed by atoms with Crippen molar-refractivity contribution >= 4 is 23.4 Å². The number of carbonyl (C=O) groups excluding carboxylic acids is 2. The lowest BCUT2D eigenvalue weighted by Crippen LogP contribution is -2.44. The molecular weight excluding hydrogens is 422 g/mol. The highest BCUT2D eigenvalue weighted by Crippen LogP contribution is 2.30. The summed E-state index contributed by atoms with van der Waals surface area (Å²) < 4.78 is 0. The highest BCUT2D eigenvalue weighted by molar-refractivity contribution is 6.30. The Morgan fingerprint density at radius 2 is 1.62 bits per heavy atom. The third kappa shape index (κ3) is 4.83. The molecule has 5 nitrogen and oxygen atoms in total. The predicted molar refractivity (Wildman–Crippen MR) is 125 cm³/mol. The molecule has 0 bridgehead atoms. The average Bonchev–Trinajstić information content (AvgIpc) is 2.85. The number of rotatable bonds is 5. The van der Waals surface area contributed by atoms with Gasteiger partial charge in [-0.15, -0.1) is 0 Å². The minimum absolute atomic E-state index is 0.0171. The van der Waals surface area contributed by atoms with Crippen LogP contribution in [0.3, 0.4) is 0 Å². The summed E-state index contributed by atoms with van der Waals surface area (Å²) in [5.74, 6) is -0.0520. The van der Waals surface area contributed by atoms with Gasteiger partial charge >= 0.3 is 0 Å². The van der Waals surface area contributed by atoms with Gasteiger partial charge in [0.05, 0.1) is 11.7 Å². The molecule has 1 atom stereocenters. The summed E-state index contributed by atoms with van der Waals surface area (Å²) in [7, 11) is 1.85. The molecule has 1 aliphatic rings. The highest BCUT2D eigenvalue weighted by Gasteiger charge is 2.33. The molecule has 1 aliphatic heterocycles. The maximum absolute atomic E-state index is 13.5. The normalized spacial score (nSPS) is 15.2. The van der Waals surface area contributed by atoms with Crippen molar-refractivity contribution in [2.75, 3.05) is 20.1 Å². The summed E-state index contributed by atoms with van der Waals surface area (Å²) in [5, 5.41) is 0.606. The number of pyridine rings is 1. The van der Waals surface area contributed by atoms with Gasteiger partial charge in [-0.1, -0.05) is 48.0 Å². The quantitative estimate of drug-likeness (QED) is 0.562. The van der Waals surface area contributed by atoms with Gasteiger partial charge in [0, 0.05) is 42.8 Å². The third-order valence-corrected chi connectivity index (χ3v) is 6.29. The van der Waals surface area contributed by atoms with Crippen molar-refractivity contribution in [2.45, 2.75) is 18.9 Å². The highest BCUT2D eigenvalue weighted by atomic mass is 35.5. The van der Waals surface area contributed by atoms with Gasteiger partial charge in [-0.2, -0.15) is 0 Å². The van der Waals surface area contributed by atoms with Crippen molar-refractivity contribution in [3.05, 3.63) is 101 Å². The number of benzene rings is 2. The van der Waals surface area contributed by atoms with Gasteiger partial charge < -0.3 is 9.80 Å². The van der Waals surface area contributed by atoms with Crippen LogP contribution in [0.1, 0.15) is 40.5 Å². The first-order valence-electron chi connectivity index (χ1n) is 10.8. The van der Waals surface area contributed by atoms with E-state index in [1.54, 1.807) is 35.4 Å². The summed E-state index contributed by atoms with van der Waals surface area (Å²) in [5.41, 5.74) is 2.48. The Labute approximate surface area is 193 Å². The van der Waals surface area contributed by atoms with Crippen molar-refractivity contribution in [1.29, 1.82) is 0 Å². The predicted octanol–water partition coefficient (Wildman–Crippen LogP) is 4.84. The molecule has 2 aromatic carbocycles. The molecule has 1 saturated heterocycles. The summed E-state index contributed by atoms with van der Waals surface area (Å²) in [6, 6.07) is 22.4. The maximum Gasteiger partial charge on any atom is 0.253 e. The number of carbonyl (C=O) groups is 2. The van der Waals surface area contributed by atoms with Gasteiger partial charge in [0.15, 0.2) is 0 Å². The van der Waals surface area contributed by atoms with Crippen LogP contribution in [-0.2, 0) is 4.79 Å². The molecule has 0 saturated carbocycles. The largest absolute Gasteiger partial charge is 0.339 e. The average molecular weight is 448 g/mol. The van der Waals surface area contributed by atoms with Crippen molar-refractivity contribution in [1.82, 2.24) is 14.8 Å². The third-order valence-electron chi connectivity index (χ3n) is 6.04. The van der Waals surface area contributed by atoms with E-state index in [1.807, 2.05) is 60.5 Å². The fourth-order valence-electron chi connectivity index (χ4n) is 4.29. The zero-order valence-corrected chi connectivity index (χ0v) is 18.8. The Bertz CT molecular complexity index is 1010. The molecule has 0 aliphatic carbocycles. The minimum Gasteiger partial charge on any atom is -0.339 e. The molecule has 0 radical (unpaired) electrons. The van der Waals surface area contributed by atoms with Gasteiger partial charge in [0.25, 0.3) is 5.91 Å². The van der Waals surface area contributed by atoms with Crippen molar-refractivity contribution < 1.29 is 9.59 Å². The molecule has 1 fully saturated rings. The van der Waals surface area contributed by atoms with Crippen LogP contribution in [0.5, 0.6) is 0 Å². The first-order valence-corrected chi connectivity index (χ1v) is 11.2. The number of amides is 2. The van der Waals surface area contributed by atoms with Crippen LogP contribution in [0.2, 0.25) is 5.02 Å². The summed E-state index contributed by atoms with van der Waals surface area (Å²) in [6.07, 6.45) is 3.04. The monoisotopic (exact) mass is 447 g/mol.